The maximum absolute atomic E-state index is 5.26. The first-order valence-electron chi connectivity index (χ1n) is 16.9. The number of rotatable bonds is 4. The monoisotopic (exact) mass is 667 g/mol. The van der Waals surface area contributed by atoms with Crippen molar-refractivity contribution in [3.63, 3.8) is 0 Å². The molecule has 0 aliphatic carbocycles. The molecular weight excluding hydrogens is 643 g/mol. The van der Waals surface area contributed by atoms with Crippen LogP contribution >= 0.6 is 11.3 Å². The van der Waals surface area contributed by atoms with Crippen LogP contribution in [0.15, 0.2) is 152 Å². The second kappa shape index (κ2) is 10.8. The van der Waals surface area contributed by atoms with Crippen LogP contribution in [-0.2, 0) is 0 Å². The minimum Gasteiger partial charge on any atom is -0.278 e. The molecule has 5 nitrogen and oxygen atoms in total. The fourth-order valence-corrected chi connectivity index (χ4v) is 8.65. The van der Waals surface area contributed by atoms with E-state index in [2.05, 4.69) is 161 Å². The Balaban J connectivity index is 1.17. The molecule has 7 aromatic carbocycles. The van der Waals surface area contributed by atoms with Crippen LogP contribution in [0.25, 0.3) is 98.2 Å². The third-order valence-electron chi connectivity index (χ3n) is 9.86. The number of fused-ring (bicyclic) bond motifs is 9. The van der Waals surface area contributed by atoms with Gasteiger partial charge in [-0.15, -0.1) is 11.3 Å². The first-order valence-corrected chi connectivity index (χ1v) is 17.7. The molecule has 0 unspecified atom stereocenters. The van der Waals surface area contributed by atoms with Crippen LogP contribution in [0.5, 0.6) is 0 Å². The molecule has 11 rings (SSSR count). The summed E-state index contributed by atoms with van der Waals surface area (Å²) in [4.78, 5) is 15.8. The Bertz CT molecular complexity index is 2930. The lowest BCUT2D eigenvalue weighted by molar-refractivity contribution is 0.893. The molecule has 0 N–H and O–H groups in total. The summed E-state index contributed by atoms with van der Waals surface area (Å²) in [6, 6.07) is 59.6. The molecule has 0 atom stereocenters. The molecule has 4 aromatic heterocycles. The Morgan fingerprint density at radius 1 is 0.431 bits per heavy atom. The van der Waals surface area contributed by atoms with Gasteiger partial charge < -0.3 is 0 Å². The molecule has 4 heterocycles. The van der Waals surface area contributed by atoms with E-state index < -0.39 is 0 Å². The number of aromatic nitrogens is 5. The van der Waals surface area contributed by atoms with Crippen molar-refractivity contribution in [1.29, 1.82) is 0 Å². The fourth-order valence-electron chi connectivity index (χ4n) is 7.56. The van der Waals surface area contributed by atoms with Crippen molar-refractivity contribution in [2.75, 3.05) is 0 Å². The normalized spacial score (nSPS) is 11.8. The van der Waals surface area contributed by atoms with E-state index >= 15 is 0 Å². The van der Waals surface area contributed by atoms with Crippen LogP contribution in [-0.4, -0.2) is 24.1 Å². The lowest BCUT2D eigenvalue weighted by Gasteiger charge is -2.13. The van der Waals surface area contributed by atoms with Crippen LogP contribution in [0.2, 0.25) is 0 Å². The van der Waals surface area contributed by atoms with Crippen LogP contribution < -0.4 is 0 Å². The molecule has 11 aromatic rings. The average molecular weight is 668 g/mol. The average Bonchev–Trinajstić information content (AvgIpc) is 3.85. The molecule has 6 heteroatoms. The Morgan fingerprint density at radius 2 is 1.02 bits per heavy atom. The van der Waals surface area contributed by atoms with E-state index in [4.69, 9.17) is 15.0 Å². The highest BCUT2D eigenvalue weighted by atomic mass is 32.1. The standard InChI is InChI=1S/C45H25N5S/c1-6-19-37-31(14-1)32-15-2-7-20-38(32)49(37)44-46-43(47-45(48-44)50-39-21-8-3-16-33(39)34-17-4-9-22-40(34)50)30-13-11-12-28(26-30)29-24-25-42-36(27-29)35-18-5-10-23-41(35)51-42/h1-3,5-16,18-27H. The van der Waals surface area contributed by atoms with E-state index in [9.17, 15) is 0 Å². The molecule has 236 valence electrons. The van der Waals surface area contributed by atoms with Gasteiger partial charge in [0.1, 0.15) is 0 Å². The maximum atomic E-state index is 5.26. The highest BCUT2D eigenvalue weighted by Crippen LogP contribution is 2.38. The lowest BCUT2D eigenvalue weighted by atomic mass is 10.0. The summed E-state index contributed by atoms with van der Waals surface area (Å²) < 4.78 is 6.87. The van der Waals surface area contributed by atoms with Crippen molar-refractivity contribution in [2.45, 2.75) is 0 Å². The minimum atomic E-state index is 0.541. The molecule has 0 spiro atoms. The zero-order valence-electron chi connectivity index (χ0n) is 27.1. The van der Waals surface area contributed by atoms with Gasteiger partial charge in [-0.3, -0.25) is 9.13 Å². The van der Waals surface area contributed by atoms with E-state index in [1.807, 2.05) is 23.5 Å². The molecule has 0 aliphatic rings. The number of benzene rings is 6. The topological polar surface area (TPSA) is 48.5 Å². The largest absolute Gasteiger partial charge is 0.278 e. The van der Waals surface area contributed by atoms with E-state index in [1.54, 1.807) is 0 Å². The van der Waals surface area contributed by atoms with Gasteiger partial charge in [0.2, 0.25) is 11.9 Å². The minimum absolute atomic E-state index is 0.541. The maximum Gasteiger partial charge on any atom is 0.240 e. The van der Waals surface area contributed by atoms with Gasteiger partial charge in [-0.2, -0.15) is 15.0 Å². The van der Waals surface area contributed by atoms with Gasteiger partial charge in [0.15, 0.2) is 5.82 Å². The van der Waals surface area contributed by atoms with Crippen molar-refractivity contribution in [3.05, 3.63) is 164 Å². The van der Waals surface area contributed by atoms with Gasteiger partial charge in [0, 0.05) is 41.9 Å². The van der Waals surface area contributed by atoms with Gasteiger partial charge in [-0.25, -0.2) is 0 Å². The Morgan fingerprint density at radius 3 is 1.78 bits per heavy atom. The number of hydrogen-bond acceptors (Lipinski definition) is 4. The van der Waals surface area contributed by atoms with E-state index in [0.717, 1.165) is 60.3 Å². The van der Waals surface area contributed by atoms with Gasteiger partial charge >= 0.3 is 0 Å². The second-order valence-electron chi connectivity index (χ2n) is 12.7. The van der Waals surface area contributed by atoms with Gasteiger partial charge in [0.25, 0.3) is 0 Å². The van der Waals surface area contributed by atoms with E-state index in [0.29, 0.717) is 17.7 Å². The predicted octanol–water partition coefficient (Wildman–Crippen LogP) is 11.4. The third-order valence-corrected chi connectivity index (χ3v) is 11.0. The Kier molecular flexibility index (Phi) is 5.97. The molecule has 51 heavy (non-hydrogen) atoms. The van der Waals surface area contributed by atoms with Crippen LogP contribution in [0, 0.1) is 12.1 Å². The van der Waals surface area contributed by atoms with Crippen molar-refractivity contribution >= 4 is 75.1 Å². The summed E-state index contributed by atoms with van der Waals surface area (Å²) >= 11 is 1.83. The zero-order valence-corrected chi connectivity index (χ0v) is 27.9. The lowest BCUT2D eigenvalue weighted by Crippen LogP contribution is -2.10. The smallest absolute Gasteiger partial charge is 0.240 e. The van der Waals surface area contributed by atoms with Crippen LogP contribution in [0.3, 0.4) is 0 Å². The third kappa shape index (κ3) is 4.26. The Hall–Kier alpha value is -6.81. The summed E-state index contributed by atoms with van der Waals surface area (Å²) in [5.41, 5.74) is 7.21. The molecule has 0 radical (unpaired) electrons. The van der Waals surface area contributed by atoms with E-state index in [1.165, 1.54) is 20.2 Å². The fraction of sp³-hybridized carbons (Fsp3) is 0. The molecule has 0 aliphatic heterocycles. The zero-order chi connectivity index (χ0) is 33.5. The number of hydrogen-bond donors (Lipinski definition) is 0. The second-order valence-corrected chi connectivity index (χ2v) is 13.8. The van der Waals surface area contributed by atoms with E-state index in [-0.39, 0.29) is 0 Å². The van der Waals surface area contributed by atoms with Crippen LogP contribution in [0.1, 0.15) is 0 Å². The molecule has 0 bridgehead atoms. The number of nitrogens with zero attached hydrogens (tertiary/aromatic N) is 5. The Labute approximate surface area is 296 Å². The first-order chi connectivity index (χ1) is 25.3. The van der Waals surface area contributed by atoms with Crippen molar-refractivity contribution in [3.8, 4) is 34.4 Å². The van der Waals surface area contributed by atoms with Crippen molar-refractivity contribution in [2.24, 2.45) is 0 Å². The predicted molar refractivity (Wildman–Crippen MR) is 210 cm³/mol. The quantitative estimate of drug-likeness (QED) is 0.188. The molecule has 0 saturated heterocycles. The van der Waals surface area contributed by atoms with Gasteiger partial charge in [-0.05, 0) is 65.7 Å². The molecular formula is C45H25N5S. The number of para-hydroxylation sites is 3. The molecule has 0 amide bonds. The van der Waals surface area contributed by atoms with Crippen LogP contribution in [0.4, 0.5) is 0 Å². The first kappa shape index (κ1) is 28.1. The van der Waals surface area contributed by atoms with Crippen molar-refractivity contribution < 1.29 is 0 Å². The van der Waals surface area contributed by atoms with Gasteiger partial charge in [-0.1, -0.05) is 109 Å². The molecule has 0 saturated carbocycles. The summed E-state index contributed by atoms with van der Waals surface area (Å²) in [6.07, 6.45) is 0. The van der Waals surface area contributed by atoms with Crippen molar-refractivity contribution in [1.82, 2.24) is 24.1 Å². The SMILES string of the molecule is c1ccc2c(c#1)c1ccccc1n2-c1nc(-c2cccc(-c3ccc4sc5ccccc5c4c3)c2)nc(-n2c3ccccc3c3ccccc32)n1. The summed E-state index contributed by atoms with van der Waals surface area (Å²) in [5, 5.41) is 6.91. The summed E-state index contributed by atoms with van der Waals surface area (Å²) in [6.45, 7) is 0. The highest BCUT2D eigenvalue weighted by Gasteiger charge is 2.20. The highest BCUT2D eigenvalue weighted by molar-refractivity contribution is 7.25. The number of thiophene rings is 1. The summed E-state index contributed by atoms with van der Waals surface area (Å²) in [5.74, 6) is 1.69. The molecule has 0 fully saturated rings. The van der Waals surface area contributed by atoms with Gasteiger partial charge in [0.05, 0.1) is 27.5 Å². The summed E-state index contributed by atoms with van der Waals surface area (Å²) in [7, 11) is 0.